The van der Waals surface area contributed by atoms with E-state index in [2.05, 4.69) is 29.8 Å². The molecule has 0 saturated heterocycles. The summed E-state index contributed by atoms with van der Waals surface area (Å²) in [4.78, 5) is 12.1. The maximum absolute atomic E-state index is 12.1. The third-order valence-corrected chi connectivity index (χ3v) is 2.83. The Kier molecular flexibility index (Phi) is 5.41. The molecule has 4 heteroatoms. The van der Waals surface area contributed by atoms with E-state index >= 15 is 0 Å². The number of rotatable bonds is 4. The molecule has 1 aromatic carbocycles. The van der Waals surface area contributed by atoms with Gasteiger partial charge in [0, 0.05) is 4.47 Å². The van der Waals surface area contributed by atoms with E-state index in [-0.39, 0.29) is 5.97 Å². The van der Waals surface area contributed by atoms with E-state index in [1.165, 1.54) is 0 Å². The van der Waals surface area contributed by atoms with Crippen LogP contribution >= 0.6 is 15.9 Å². The molecule has 0 atom stereocenters. The Morgan fingerprint density at radius 1 is 1.32 bits per heavy atom. The van der Waals surface area contributed by atoms with E-state index in [0.717, 1.165) is 0 Å². The molecule has 0 unspecified atom stereocenters. The molecular formula is C15H21BrO3. The molecule has 19 heavy (non-hydrogen) atoms. The highest BCUT2D eigenvalue weighted by molar-refractivity contribution is 9.10. The van der Waals surface area contributed by atoms with E-state index in [4.69, 9.17) is 9.47 Å². The van der Waals surface area contributed by atoms with Crippen LogP contribution in [0.2, 0.25) is 0 Å². The van der Waals surface area contributed by atoms with E-state index in [9.17, 15) is 4.79 Å². The molecule has 0 aromatic heterocycles. The zero-order chi connectivity index (χ0) is 14.6. The third kappa shape index (κ3) is 5.64. The molecule has 3 nitrogen and oxygen atoms in total. The first-order valence-electron chi connectivity index (χ1n) is 6.35. The van der Waals surface area contributed by atoms with Gasteiger partial charge in [-0.25, -0.2) is 4.79 Å². The van der Waals surface area contributed by atoms with Gasteiger partial charge in [0.1, 0.15) is 11.4 Å². The highest BCUT2D eigenvalue weighted by Gasteiger charge is 2.20. The van der Waals surface area contributed by atoms with Gasteiger partial charge in [-0.15, -0.1) is 0 Å². The molecule has 0 bridgehead atoms. The van der Waals surface area contributed by atoms with Crippen LogP contribution in [-0.2, 0) is 4.74 Å². The standard InChI is InChI=1S/C15H21BrO3/c1-10(2)9-18-11-6-7-13(16)12(8-11)14(17)19-15(3,4)5/h6-8,10H,9H2,1-5H3. The van der Waals surface area contributed by atoms with Gasteiger partial charge < -0.3 is 9.47 Å². The fourth-order valence-corrected chi connectivity index (χ4v) is 1.76. The Morgan fingerprint density at radius 2 is 1.95 bits per heavy atom. The number of halogens is 1. The van der Waals surface area contributed by atoms with Crippen LogP contribution in [0.25, 0.3) is 0 Å². The van der Waals surface area contributed by atoms with Crippen LogP contribution in [-0.4, -0.2) is 18.2 Å². The Balaban J connectivity index is 2.88. The van der Waals surface area contributed by atoms with Crippen molar-refractivity contribution in [2.24, 2.45) is 5.92 Å². The maximum Gasteiger partial charge on any atom is 0.339 e. The second-order valence-corrected chi connectivity index (χ2v) is 6.70. The first-order chi connectivity index (χ1) is 8.69. The van der Waals surface area contributed by atoms with Gasteiger partial charge in [-0.3, -0.25) is 0 Å². The lowest BCUT2D eigenvalue weighted by Crippen LogP contribution is -2.24. The summed E-state index contributed by atoms with van der Waals surface area (Å²) in [7, 11) is 0. The van der Waals surface area contributed by atoms with Gasteiger partial charge in [-0.1, -0.05) is 13.8 Å². The number of esters is 1. The monoisotopic (exact) mass is 328 g/mol. The number of hydrogen-bond acceptors (Lipinski definition) is 3. The minimum atomic E-state index is -0.509. The smallest absolute Gasteiger partial charge is 0.339 e. The van der Waals surface area contributed by atoms with Crippen LogP contribution in [0.1, 0.15) is 45.0 Å². The van der Waals surface area contributed by atoms with Gasteiger partial charge in [-0.05, 0) is 60.8 Å². The number of hydrogen-bond donors (Lipinski definition) is 0. The minimum absolute atomic E-state index is 0.352. The molecule has 0 N–H and O–H groups in total. The van der Waals surface area contributed by atoms with Crippen LogP contribution in [0.5, 0.6) is 5.75 Å². The van der Waals surface area contributed by atoms with Crippen LogP contribution in [0.4, 0.5) is 0 Å². The second kappa shape index (κ2) is 6.42. The molecular weight excluding hydrogens is 308 g/mol. The van der Waals surface area contributed by atoms with Crippen molar-refractivity contribution >= 4 is 21.9 Å². The van der Waals surface area contributed by atoms with Crippen LogP contribution in [0, 0.1) is 5.92 Å². The second-order valence-electron chi connectivity index (χ2n) is 5.85. The molecule has 1 rings (SSSR count). The summed E-state index contributed by atoms with van der Waals surface area (Å²) in [6.45, 7) is 10.3. The van der Waals surface area contributed by atoms with Crippen molar-refractivity contribution in [1.29, 1.82) is 0 Å². The molecule has 106 valence electrons. The molecule has 0 aliphatic heterocycles. The van der Waals surface area contributed by atoms with Crippen molar-refractivity contribution in [2.45, 2.75) is 40.2 Å². The maximum atomic E-state index is 12.1. The van der Waals surface area contributed by atoms with Gasteiger partial charge in [-0.2, -0.15) is 0 Å². The lowest BCUT2D eigenvalue weighted by Gasteiger charge is -2.20. The van der Waals surface area contributed by atoms with Crippen LogP contribution in [0.3, 0.4) is 0 Å². The zero-order valence-electron chi connectivity index (χ0n) is 12.1. The minimum Gasteiger partial charge on any atom is -0.493 e. The molecule has 0 fully saturated rings. The summed E-state index contributed by atoms with van der Waals surface area (Å²) >= 11 is 3.36. The van der Waals surface area contributed by atoms with Crippen molar-refractivity contribution in [3.05, 3.63) is 28.2 Å². The van der Waals surface area contributed by atoms with E-state index in [0.29, 0.717) is 28.3 Å². The first kappa shape index (κ1) is 16.0. The molecule has 0 heterocycles. The van der Waals surface area contributed by atoms with Gasteiger partial charge in [0.2, 0.25) is 0 Å². The average Bonchev–Trinajstić information content (AvgIpc) is 2.25. The lowest BCUT2D eigenvalue weighted by molar-refractivity contribution is 0.00680. The molecule has 0 aliphatic carbocycles. The van der Waals surface area contributed by atoms with Crippen molar-refractivity contribution in [3.8, 4) is 5.75 Å². The zero-order valence-corrected chi connectivity index (χ0v) is 13.7. The molecule has 0 spiro atoms. The fourth-order valence-electron chi connectivity index (χ4n) is 1.35. The topological polar surface area (TPSA) is 35.5 Å². The Labute approximate surface area is 123 Å². The number of benzene rings is 1. The molecule has 0 radical (unpaired) electrons. The molecule has 0 aliphatic rings. The van der Waals surface area contributed by atoms with Crippen molar-refractivity contribution in [1.82, 2.24) is 0 Å². The molecule has 0 saturated carbocycles. The molecule has 1 aromatic rings. The predicted octanol–water partition coefficient (Wildman–Crippen LogP) is 4.44. The Hall–Kier alpha value is -1.03. The van der Waals surface area contributed by atoms with Gasteiger partial charge in [0.25, 0.3) is 0 Å². The summed E-state index contributed by atoms with van der Waals surface area (Å²) in [5.74, 6) is 0.765. The van der Waals surface area contributed by atoms with Gasteiger partial charge in [0.15, 0.2) is 0 Å². The fraction of sp³-hybridized carbons (Fsp3) is 0.533. The SMILES string of the molecule is CC(C)COc1ccc(Br)c(C(=O)OC(C)(C)C)c1. The van der Waals surface area contributed by atoms with Crippen molar-refractivity contribution in [2.75, 3.05) is 6.61 Å². The van der Waals surface area contributed by atoms with Gasteiger partial charge >= 0.3 is 5.97 Å². The summed E-state index contributed by atoms with van der Waals surface area (Å²) < 4.78 is 11.7. The van der Waals surface area contributed by atoms with E-state index in [1.807, 2.05) is 26.8 Å². The number of carbonyl (C=O) groups is 1. The number of ether oxygens (including phenoxy) is 2. The van der Waals surface area contributed by atoms with E-state index in [1.54, 1.807) is 12.1 Å². The van der Waals surface area contributed by atoms with E-state index < -0.39 is 5.60 Å². The average molecular weight is 329 g/mol. The quantitative estimate of drug-likeness (QED) is 0.766. The van der Waals surface area contributed by atoms with Crippen LogP contribution in [0.15, 0.2) is 22.7 Å². The third-order valence-electron chi connectivity index (χ3n) is 2.14. The highest BCUT2D eigenvalue weighted by atomic mass is 79.9. The first-order valence-corrected chi connectivity index (χ1v) is 7.14. The Bertz CT molecular complexity index is 447. The summed E-state index contributed by atoms with van der Waals surface area (Å²) in [6, 6.07) is 5.34. The van der Waals surface area contributed by atoms with Gasteiger partial charge in [0.05, 0.1) is 12.2 Å². The summed E-state index contributed by atoms with van der Waals surface area (Å²) in [6.07, 6.45) is 0. The van der Waals surface area contributed by atoms with Crippen molar-refractivity contribution < 1.29 is 14.3 Å². The van der Waals surface area contributed by atoms with Crippen molar-refractivity contribution in [3.63, 3.8) is 0 Å². The summed E-state index contributed by atoms with van der Waals surface area (Å²) in [5.41, 5.74) is -0.0260. The Morgan fingerprint density at radius 3 is 2.47 bits per heavy atom. The normalized spacial score (nSPS) is 11.5. The molecule has 0 amide bonds. The largest absolute Gasteiger partial charge is 0.493 e. The highest BCUT2D eigenvalue weighted by Crippen LogP contribution is 2.25. The lowest BCUT2D eigenvalue weighted by atomic mass is 10.1. The number of carbonyl (C=O) groups excluding carboxylic acids is 1. The predicted molar refractivity (Wildman–Crippen MR) is 79.6 cm³/mol. The summed E-state index contributed by atoms with van der Waals surface area (Å²) in [5, 5.41) is 0. The van der Waals surface area contributed by atoms with Crippen LogP contribution < -0.4 is 4.74 Å².